The molecule has 0 spiro atoms. The Bertz CT molecular complexity index is 311. The van der Waals surface area contributed by atoms with E-state index in [1.54, 1.807) is 9.13 Å². The van der Waals surface area contributed by atoms with Gasteiger partial charge in [-0.1, -0.05) is 0 Å². The van der Waals surface area contributed by atoms with Crippen molar-refractivity contribution < 1.29 is 0 Å². The first-order chi connectivity index (χ1) is 6.15. The Hall–Kier alpha value is -1.03. The number of imidazole rings is 1. The summed E-state index contributed by atoms with van der Waals surface area (Å²) in [5.41, 5.74) is 0.0874. The molecule has 0 aromatic carbocycles. The van der Waals surface area contributed by atoms with E-state index in [-0.39, 0.29) is 5.69 Å². The van der Waals surface area contributed by atoms with Gasteiger partial charge in [0.25, 0.3) is 0 Å². The van der Waals surface area contributed by atoms with Crippen LogP contribution in [0.3, 0.4) is 0 Å². The molecule has 0 atom stereocenters. The molecule has 1 rings (SSSR count). The Morgan fingerprint density at radius 3 is 2.38 bits per heavy atom. The number of aromatic nitrogens is 2. The smallest absolute Gasteiger partial charge is 0.308 e. The van der Waals surface area contributed by atoms with Gasteiger partial charge in [0, 0.05) is 32.0 Å². The van der Waals surface area contributed by atoms with Crippen LogP contribution in [0.4, 0.5) is 0 Å². The molecule has 0 aliphatic rings. The molecule has 1 aromatic heterocycles. The van der Waals surface area contributed by atoms with Crippen molar-refractivity contribution in [2.45, 2.75) is 20.0 Å². The number of hydrogen-bond acceptors (Lipinski definition) is 2. The quantitative estimate of drug-likeness (QED) is 0.669. The highest BCUT2D eigenvalue weighted by molar-refractivity contribution is 4.81. The van der Waals surface area contributed by atoms with Crippen LogP contribution in [0.15, 0.2) is 17.2 Å². The predicted octanol–water partition coefficient (Wildman–Crippen LogP) is 0.231. The van der Waals surface area contributed by atoms with Crippen molar-refractivity contribution in [1.29, 1.82) is 0 Å². The fourth-order valence-electron chi connectivity index (χ4n) is 1.17. The van der Waals surface area contributed by atoms with Crippen molar-refractivity contribution in [3.8, 4) is 0 Å². The van der Waals surface area contributed by atoms with Crippen molar-refractivity contribution in [3.05, 3.63) is 22.9 Å². The van der Waals surface area contributed by atoms with Crippen LogP contribution in [-0.4, -0.2) is 34.7 Å². The van der Waals surface area contributed by atoms with Crippen LogP contribution in [0.25, 0.3) is 0 Å². The standard InChI is InChI=1S/C9H17N3O/c1-4-11-7-8-12(9(11)13)6-5-10(2)3/h7-8H,4-6H2,1-3H3. The highest BCUT2D eigenvalue weighted by Gasteiger charge is 2.00. The van der Waals surface area contributed by atoms with Crippen molar-refractivity contribution in [1.82, 2.24) is 14.0 Å². The molecule has 4 heteroatoms. The van der Waals surface area contributed by atoms with Gasteiger partial charge in [-0.3, -0.25) is 9.13 Å². The molecule has 0 aliphatic heterocycles. The molecule has 0 N–H and O–H groups in total. The summed E-state index contributed by atoms with van der Waals surface area (Å²) in [7, 11) is 4.00. The van der Waals surface area contributed by atoms with Crippen LogP contribution in [0.2, 0.25) is 0 Å². The lowest BCUT2D eigenvalue weighted by atomic mass is 10.6. The van der Waals surface area contributed by atoms with E-state index in [4.69, 9.17) is 0 Å². The van der Waals surface area contributed by atoms with E-state index in [9.17, 15) is 4.79 Å². The number of aryl methyl sites for hydroxylation is 1. The zero-order valence-electron chi connectivity index (χ0n) is 8.53. The molecule has 0 saturated heterocycles. The molecule has 0 fully saturated rings. The average Bonchev–Trinajstić information content (AvgIpc) is 2.43. The summed E-state index contributed by atoms with van der Waals surface area (Å²) in [6, 6.07) is 0. The molecule has 13 heavy (non-hydrogen) atoms. The van der Waals surface area contributed by atoms with Gasteiger partial charge in [0.2, 0.25) is 0 Å². The summed E-state index contributed by atoms with van der Waals surface area (Å²) in [6.07, 6.45) is 3.67. The molecule has 0 unspecified atom stereocenters. The molecular formula is C9H17N3O. The number of nitrogens with zero attached hydrogens (tertiary/aromatic N) is 3. The van der Waals surface area contributed by atoms with Crippen LogP contribution >= 0.6 is 0 Å². The van der Waals surface area contributed by atoms with Gasteiger partial charge in [-0.15, -0.1) is 0 Å². The van der Waals surface area contributed by atoms with Crippen LogP contribution < -0.4 is 5.69 Å². The molecule has 4 nitrogen and oxygen atoms in total. The predicted molar refractivity (Wildman–Crippen MR) is 52.9 cm³/mol. The molecule has 0 radical (unpaired) electrons. The number of rotatable bonds is 4. The summed E-state index contributed by atoms with van der Waals surface area (Å²) in [5.74, 6) is 0. The van der Waals surface area contributed by atoms with Gasteiger partial charge in [-0.25, -0.2) is 4.79 Å². The van der Waals surface area contributed by atoms with Crippen LogP contribution in [0.1, 0.15) is 6.92 Å². The minimum absolute atomic E-state index is 0.0874. The Morgan fingerprint density at radius 1 is 1.31 bits per heavy atom. The minimum Gasteiger partial charge on any atom is -0.308 e. The average molecular weight is 183 g/mol. The van der Waals surface area contributed by atoms with Crippen molar-refractivity contribution in [2.75, 3.05) is 20.6 Å². The Kier molecular flexibility index (Phi) is 3.31. The molecule has 0 aliphatic carbocycles. The second kappa shape index (κ2) is 4.28. The molecule has 0 saturated carbocycles. The SMILES string of the molecule is CCn1ccn(CCN(C)C)c1=O. The maximum atomic E-state index is 11.5. The molecule has 1 aromatic rings. The lowest BCUT2D eigenvalue weighted by Crippen LogP contribution is -2.27. The van der Waals surface area contributed by atoms with Gasteiger partial charge in [0.15, 0.2) is 0 Å². The van der Waals surface area contributed by atoms with Gasteiger partial charge in [0.1, 0.15) is 0 Å². The first-order valence-corrected chi connectivity index (χ1v) is 4.55. The third kappa shape index (κ3) is 2.45. The Balaban J connectivity index is 2.68. The van der Waals surface area contributed by atoms with Crippen LogP contribution in [-0.2, 0) is 13.1 Å². The summed E-state index contributed by atoms with van der Waals surface area (Å²) in [4.78, 5) is 13.6. The monoisotopic (exact) mass is 183 g/mol. The Labute approximate surface area is 78.4 Å². The molecular weight excluding hydrogens is 166 g/mol. The van der Waals surface area contributed by atoms with Crippen LogP contribution in [0.5, 0.6) is 0 Å². The summed E-state index contributed by atoms with van der Waals surface area (Å²) in [5, 5.41) is 0. The fourth-order valence-corrected chi connectivity index (χ4v) is 1.17. The van der Waals surface area contributed by atoms with Crippen molar-refractivity contribution in [3.63, 3.8) is 0 Å². The fraction of sp³-hybridized carbons (Fsp3) is 0.667. The Morgan fingerprint density at radius 2 is 1.92 bits per heavy atom. The maximum absolute atomic E-state index is 11.5. The van der Waals surface area contributed by atoms with E-state index in [1.807, 2.05) is 33.4 Å². The molecule has 74 valence electrons. The first kappa shape index (κ1) is 10.1. The molecule has 1 heterocycles. The highest BCUT2D eigenvalue weighted by atomic mass is 16.1. The summed E-state index contributed by atoms with van der Waals surface area (Å²) in [6.45, 7) is 4.37. The zero-order chi connectivity index (χ0) is 9.84. The highest BCUT2D eigenvalue weighted by Crippen LogP contribution is 1.86. The normalized spacial score (nSPS) is 11.1. The van der Waals surface area contributed by atoms with Crippen molar-refractivity contribution in [2.24, 2.45) is 0 Å². The van der Waals surface area contributed by atoms with E-state index in [0.29, 0.717) is 0 Å². The van der Waals surface area contributed by atoms with Gasteiger partial charge in [-0.2, -0.15) is 0 Å². The van der Waals surface area contributed by atoms with E-state index in [2.05, 4.69) is 4.90 Å². The van der Waals surface area contributed by atoms with E-state index >= 15 is 0 Å². The van der Waals surface area contributed by atoms with Gasteiger partial charge < -0.3 is 4.90 Å². The van der Waals surface area contributed by atoms with E-state index in [1.165, 1.54) is 0 Å². The van der Waals surface area contributed by atoms with Gasteiger partial charge in [0.05, 0.1) is 0 Å². The molecule has 0 amide bonds. The van der Waals surface area contributed by atoms with Gasteiger partial charge in [-0.05, 0) is 21.0 Å². The third-order valence-corrected chi connectivity index (χ3v) is 2.05. The topological polar surface area (TPSA) is 30.2 Å². The summed E-state index contributed by atoms with van der Waals surface area (Å²) < 4.78 is 3.44. The lowest BCUT2D eigenvalue weighted by Gasteiger charge is -2.08. The lowest BCUT2D eigenvalue weighted by molar-refractivity contribution is 0.380. The number of likely N-dealkylation sites (N-methyl/N-ethyl adjacent to an activating group) is 1. The largest absolute Gasteiger partial charge is 0.328 e. The first-order valence-electron chi connectivity index (χ1n) is 4.55. The summed E-state index contributed by atoms with van der Waals surface area (Å²) >= 11 is 0. The van der Waals surface area contributed by atoms with Crippen LogP contribution in [0, 0.1) is 0 Å². The molecule has 0 bridgehead atoms. The second-order valence-corrected chi connectivity index (χ2v) is 3.36. The maximum Gasteiger partial charge on any atom is 0.328 e. The van der Waals surface area contributed by atoms with E-state index < -0.39 is 0 Å². The second-order valence-electron chi connectivity index (χ2n) is 3.36. The third-order valence-electron chi connectivity index (χ3n) is 2.05. The van der Waals surface area contributed by atoms with Crippen molar-refractivity contribution >= 4 is 0 Å². The minimum atomic E-state index is 0.0874. The van der Waals surface area contributed by atoms with Gasteiger partial charge >= 0.3 is 5.69 Å². The number of hydrogen-bond donors (Lipinski definition) is 0. The van der Waals surface area contributed by atoms with E-state index in [0.717, 1.165) is 19.6 Å². The zero-order valence-corrected chi connectivity index (χ0v) is 8.53.